The van der Waals surface area contributed by atoms with E-state index in [9.17, 15) is 9.59 Å². The lowest BCUT2D eigenvalue weighted by atomic mass is 10.1. The lowest BCUT2D eigenvalue weighted by Gasteiger charge is -2.08. The average Bonchev–Trinajstić information content (AvgIpc) is 3.06. The summed E-state index contributed by atoms with van der Waals surface area (Å²) in [5, 5.41) is 2.70. The van der Waals surface area contributed by atoms with Crippen LogP contribution < -0.4 is 14.8 Å². The Bertz CT molecular complexity index is 772. The van der Waals surface area contributed by atoms with E-state index < -0.39 is 5.97 Å². The first-order chi connectivity index (χ1) is 11.6. The van der Waals surface area contributed by atoms with Gasteiger partial charge in [0, 0.05) is 6.54 Å². The Hall–Kier alpha value is -3.02. The van der Waals surface area contributed by atoms with E-state index in [2.05, 4.69) is 5.32 Å². The maximum atomic E-state index is 11.9. The van der Waals surface area contributed by atoms with E-state index >= 15 is 0 Å². The van der Waals surface area contributed by atoms with Gasteiger partial charge < -0.3 is 19.5 Å². The molecule has 24 heavy (non-hydrogen) atoms. The molecule has 0 aliphatic carbocycles. The fourth-order valence-electron chi connectivity index (χ4n) is 2.31. The highest BCUT2D eigenvalue weighted by Gasteiger charge is 2.14. The minimum absolute atomic E-state index is 0.208. The number of carbonyl (C=O) groups excluding carboxylic acids is 2. The predicted octanol–water partition coefficient (Wildman–Crippen LogP) is 2.20. The van der Waals surface area contributed by atoms with Gasteiger partial charge in [-0.05, 0) is 36.2 Å². The molecule has 0 radical (unpaired) electrons. The Labute approximate surface area is 139 Å². The SMILES string of the molecule is Cc1ccccc1C(=O)OCC(=O)NCc1ccc2c(c1)OCO2. The van der Waals surface area contributed by atoms with Gasteiger partial charge in [-0.1, -0.05) is 24.3 Å². The fourth-order valence-corrected chi connectivity index (χ4v) is 2.31. The number of carbonyl (C=O) groups is 2. The number of ether oxygens (including phenoxy) is 3. The maximum absolute atomic E-state index is 11.9. The molecule has 0 saturated carbocycles. The van der Waals surface area contributed by atoms with Gasteiger partial charge in [0.05, 0.1) is 5.56 Å². The normalized spacial score (nSPS) is 11.9. The number of hydrogen-bond acceptors (Lipinski definition) is 5. The minimum atomic E-state index is -0.508. The first-order valence-electron chi connectivity index (χ1n) is 7.51. The first-order valence-corrected chi connectivity index (χ1v) is 7.51. The molecule has 0 atom stereocenters. The molecule has 124 valence electrons. The number of nitrogens with one attached hydrogen (secondary N) is 1. The zero-order valence-electron chi connectivity index (χ0n) is 13.2. The van der Waals surface area contributed by atoms with Crippen molar-refractivity contribution >= 4 is 11.9 Å². The third-order valence-corrected chi connectivity index (χ3v) is 3.63. The minimum Gasteiger partial charge on any atom is -0.454 e. The van der Waals surface area contributed by atoms with Crippen molar-refractivity contribution in [2.24, 2.45) is 0 Å². The van der Waals surface area contributed by atoms with Crippen LogP contribution in [0.4, 0.5) is 0 Å². The molecule has 3 rings (SSSR count). The maximum Gasteiger partial charge on any atom is 0.338 e. The summed E-state index contributed by atoms with van der Waals surface area (Å²) in [7, 11) is 0. The summed E-state index contributed by atoms with van der Waals surface area (Å²) in [6.07, 6.45) is 0. The molecule has 1 heterocycles. The molecular formula is C18H17NO5. The van der Waals surface area contributed by atoms with Crippen LogP contribution in [-0.4, -0.2) is 25.3 Å². The third kappa shape index (κ3) is 3.65. The van der Waals surface area contributed by atoms with Crippen LogP contribution in [0, 0.1) is 6.92 Å². The molecule has 0 bridgehead atoms. The Morgan fingerprint density at radius 1 is 1.12 bits per heavy atom. The highest BCUT2D eigenvalue weighted by atomic mass is 16.7. The van der Waals surface area contributed by atoms with Crippen molar-refractivity contribution < 1.29 is 23.8 Å². The Balaban J connectivity index is 1.48. The zero-order chi connectivity index (χ0) is 16.9. The zero-order valence-corrected chi connectivity index (χ0v) is 13.2. The molecule has 1 N–H and O–H groups in total. The van der Waals surface area contributed by atoms with Crippen molar-refractivity contribution in [3.63, 3.8) is 0 Å². The number of esters is 1. The standard InChI is InChI=1S/C18H17NO5/c1-12-4-2-3-5-14(12)18(21)22-10-17(20)19-9-13-6-7-15-16(8-13)24-11-23-15/h2-8H,9-11H2,1H3,(H,19,20). The Morgan fingerprint density at radius 3 is 2.75 bits per heavy atom. The fraction of sp³-hybridized carbons (Fsp3) is 0.222. The quantitative estimate of drug-likeness (QED) is 0.852. The van der Waals surface area contributed by atoms with E-state index in [-0.39, 0.29) is 19.3 Å². The van der Waals surface area contributed by atoms with Gasteiger partial charge in [-0.2, -0.15) is 0 Å². The summed E-state index contributed by atoms with van der Waals surface area (Å²) < 4.78 is 15.5. The van der Waals surface area contributed by atoms with Crippen LogP contribution >= 0.6 is 0 Å². The predicted molar refractivity (Wildman–Crippen MR) is 85.9 cm³/mol. The van der Waals surface area contributed by atoms with Gasteiger partial charge in [-0.25, -0.2) is 4.79 Å². The molecule has 0 aromatic heterocycles. The monoisotopic (exact) mass is 327 g/mol. The van der Waals surface area contributed by atoms with E-state index in [1.165, 1.54) is 0 Å². The second-order valence-corrected chi connectivity index (χ2v) is 5.36. The van der Waals surface area contributed by atoms with Gasteiger partial charge in [-0.3, -0.25) is 4.79 Å². The average molecular weight is 327 g/mol. The molecule has 0 unspecified atom stereocenters. The number of hydrogen-bond donors (Lipinski definition) is 1. The largest absolute Gasteiger partial charge is 0.454 e. The van der Waals surface area contributed by atoms with E-state index in [1.807, 2.05) is 31.2 Å². The van der Waals surface area contributed by atoms with E-state index in [1.54, 1.807) is 18.2 Å². The van der Waals surface area contributed by atoms with Gasteiger partial charge >= 0.3 is 5.97 Å². The third-order valence-electron chi connectivity index (χ3n) is 3.63. The summed E-state index contributed by atoms with van der Waals surface area (Å²) >= 11 is 0. The van der Waals surface area contributed by atoms with Crippen molar-refractivity contribution in [3.05, 3.63) is 59.2 Å². The topological polar surface area (TPSA) is 73.9 Å². The van der Waals surface area contributed by atoms with Crippen LogP contribution in [0.5, 0.6) is 11.5 Å². The summed E-state index contributed by atoms with van der Waals surface area (Å²) in [5.74, 6) is 0.478. The number of aryl methyl sites for hydroxylation is 1. The molecule has 2 aromatic rings. The molecule has 1 aliphatic heterocycles. The van der Waals surface area contributed by atoms with Crippen molar-refractivity contribution in [2.45, 2.75) is 13.5 Å². The molecule has 2 aromatic carbocycles. The molecule has 6 heteroatoms. The van der Waals surface area contributed by atoms with Crippen molar-refractivity contribution in [1.82, 2.24) is 5.32 Å². The van der Waals surface area contributed by atoms with Gasteiger partial charge in [0.1, 0.15) is 0 Å². The lowest BCUT2D eigenvalue weighted by Crippen LogP contribution is -2.28. The van der Waals surface area contributed by atoms with Crippen LogP contribution in [0.25, 0.3) is 0 Å². The number of amides is 1. The van der Waals surface area contributed by atoms with E-state index in [0.29, 0.717) is 23.6 Å². The molecule has 1 aliphatic rings. The lowest BCUT2D eigenvalue weighted by molar-refractivity contribution is -0.124. The van der Waals surface area contributed by atoms with Crippen molar-refractivity contribution in [2.75, 3.05) is 13.4 Å². The van der Waals surface area contributed by atoms with Crippen LogP contribution in [0.1, 0.15) is 21.5 Å². The van der Waals surface area contributed by atoms with Crippen molar-refractivity contribution in [1.29, 1.82) is 0 Å². The van der Waals surface area contributed by atoms with E-state index in [4.69, 9.17) is 14.2 Å². The van der Waals surface area contributed by atoms with Crippen LogP contribution in [-0.2, 0) is 16.1 Å². The first kappa shape index (κ1) is 15.9. The molecule has 1 amide bonds. The molecule has 0 fully saturated rings. The molecule has 0 saturated heterocycles. The summed E-state index contributed by atoms with van der Waals surface area (Å²) in [6, 6.07) is 12.5. The van der Waals surface area contributed by atoms with E-state index in [0.717, 1.165) is 11.1 Å². The van der Waals surface area contributed by atoms with Gasteiger partial charge in [0.25, 0.3) is 5.91 Å². The highest BCUT2D eigenvalue weighted by molar-refractivity contribution is 5.92. The number of benzene rings is 2. The Morgan fingerprint density at radius 2 is 1.92 bits per heavy atom. The van der Waals surface area contributed by atoms with Crippen LogP contribution in [0.2, 0.25) is 0 Å². The summed E-state index contributed by atoms with van der Waals surface area (Å²) in [4.78, 5) is 23.8. The van der Waals surface area contributed by atoms with Gasteiger partial charge in [0.2, 0.25) is 6.79 Å². The van der Waals surface area contributed by atoms with Crippen LogP contribution in [0.15, 0.2) is 42.5 Å². The number of rotatable bonds is 5. The summed E-state index contributed by atoms with van der Waals surface area (Å²) in [5.41, 5.74) is 2.14. The molecule has 0 spiro atoms. The van der Waals surface area contributed by atoms with Crippen LogP contribution in [0.3, 0.4) is 0 Å². The van der Waals surface area contributed by atoms with Gasteiger partial charge in [0.15, 0.2) is 18.1 Å². The number of fused-ring (bicyclic) bond motifs is 1. The second-order valence-electron chi connectivity index (χ2n) is 5.36. The highest BCUT2D eigenvalue weighted by Crippen LogP contribution is 2.32. The molecular weight excluding hydrogens is 310 g/mol. The molecule has 6 nitrogen and oxygen atoms in total. The second kappa shape index (κ2) is 7.04. The Kier molecular flexibility index (Phi) is 4.65. The van der Waals surface area contributed by atoms with Gasteiger partial charge in [-0.15, -0.1) is 0 Å². The smallest absolute Gasteiger partial charge is 0.338 e. The van der Waals surface area contributed by atoms with Crippen molar-refractivity contribution in [3.8, 4) is 11.5 Å². The summed E-state index contributed by atoms with van der Waals surface area (Å²) in [6.45, 7) is 2.02.